The number of nitrogen functional groups attached to an aromatic ring is 1. The van der Waals surface area contributed by atoms with Crippen LogP contribution in [-0.4, -0.2) is 76.7 Å². The lowest BCUT2D eigenvalue weighted by molar-refractivity contribution is -0.162. The molecule has 2 aromatic carbocycles. The van der Waals surface area contributed by atoms with Gasteiger partial charge in [0.05, 0.1) is 11.3 Å². The van der Waals surface area contributed by atoms with E-state index in [0.29, 0.717) is 27.9 Å². The second-order valence-electron chi connectivity index (χ2n) is 15.7. The Kier molecular flexibility index (Phi) is 16.2. The number of esters is 2. The van der Waals surface area contributed by atoms with E-state index in [1.165, 1.54) is 25.6 Å². The van der Waals surface area contributed by atoms with Gasteiger partial charge in [-0.05, 0) is 104 Å². The summed E-state index contributed by atoms with van der Waals surface area (Å²) in [5.74, 6) is -0.281. The number of hydrogen-bond donors (Lipinski definition) is 3. The van der Waals surface area contributed by atoms with Crippen LogP contribution in [0.5, 0.6) is 5.75 Å². The maximum Gasteiger partial charge on any atom is 0.408 e. The molecule has 2 heterocycles. The number of ether oxygens (including phenoxy) is 5. The zero-order valence-electron chi connectivity index (χ0n) is 35.7. The number of alkyl carbamates (subject to hydrolysis) is 2. The van der Waals surface area contributed by atoms with Crippen molar-refractivity contribution in [2.75, 3.05) is 18.9 Å². The average molecular weight is 890 g/mol. The van der Waals surface area contributed by atoms with Crippen molar-refractivity contribution in [3.05, 3.63) is 76.1 Å². The second-order valence-corrected chi connectivity index (χ2v) is 17.1. The van der Waals surface area contributed by atoms with Gasteiger partial charge >= 0.3 is 24.1 Å². The number of nitrogens with one attached hydrogen (secondary N) is 2. The minimum atomic E-state index is -1.20. The summed E-state index contributed by atoms with van der Waals surface area (Å²) < 4.78 is 33.2. The van der Waals surface area contributed by atoms with Gasteiger partial charge in [0.25, 0.3) is 0 Å². The molecule has 4 aromatic rings. The number of carbonyl (C=O) groups is 4. The van der Waals surface area contributed by atoms with Gasteiger partial charge in [-0.3, -0.25) is 0 Å². The van der Waals surface area contributed by atoms with Crippen LogP contribution in [0.15, 0.2) is 58.0 Å². The number of pyridine rings is 1. The predicted molar refractivity (Wildman–Crippen MR) is 229 cm³/mol. The fraction of sp³-hybridized carbons (Fsp3) is 0.395. The average Bonchev–Trinajstić information content (AvgIpc) is 3.56. The molecule has 17 nitrogen and oxygen atoms in total. The standard InChI is InChI=1S/C43H48ClN7O10S/c1-23(48-40(54)60-42(4,5)6)38(52)57-21-30(59-39(53)24(2)49-41(55)61-43(7,8)9)20-56-29-16-12-26(13-17-29)34-31(18-45)35(47)51-37(32(34)19-46)62-22-33-25(3)58-36(50-33)27-10-14-28(44)15-11-27/h10-17,23-24,30H,20-22H2,1-9H3,(H2,47,51)(H,48,54)(H,49,55)/t23-,24-,30+/m0/s1. The zero-order chi connectivity index (χ0) is 45.9. The number of aromatic nitrogens is 2. The van der Waals surface area contributed by atoms with Crippen LogP contribution < -0.4 is 21.1 Å². The third kappa shape index (κ3) is 14.0. The first-order valence-corrected chi connectivity index (χ1v) is 20.5. The molecule has 0 radical (unpaired) electrons. The highest BCUT2D eigenvalue weighted by atomic mass is 35.5. The third-order valence-electron chi connectivity index (χ3n) is 8.19. The van der Waals surface area contributed by atoms with Crippen molar-refractivity contribution in [1.29, 1.82) is 10.5 Å². The van der Waals surface area contributed by atoms with E-state index in [1.807, 2.05) is 0 Å². The lowest BCUT2D eigenvalue weighted by atomic mass is 9.97. The van der Waals surface area contributed by atoms with Gasteiger partial charge in [-0.15, -0.1) is 0 Å². The van der Waals surface area contributed by atoms with Crippen molar-refractivity contribution in [2.24, 2.45) is 0 Å². The molecule has 0 unspecified atom stereocenters. The van der Waals surface area contributed by atoms with Crippen molar-refractivity contribution in [2.45, 2.75) is 102 Å². The highest BCUT2D eigenvalue weighted by molar-refractivity contribution is 7.98. The van der Waals surface area contributed by atoms with Crippen LogP contribution in [0.2, 0.25) is 5.02 Å². The Morgan fingerprint density at radius 3 is 1.92 bits per heavy atom. The molecule has 3 atom stereocenters. The van der Waals surface area contributed by atoms with Gasteiger partial charge in [0.1, 0.15) is 76.6 Å². The molecule has 0 spiro atoms. The van der Waals surface area contributed by atoms with Crippen LogP contribution in [-0.2, 0) is 34.3 Å². The summed E-state index contributed by atoms with van der Waals surface area (Å²) in [4.78, 5) is 59.4. The lowest BCUT2D eigenvalue weighted by Crippen LogP contribution is -2.45. The topological polar surface area (TPSA) is 251 Å². The van der Waals surface area contributed by atoms with Crippen LogP contribution in [0.4, 0.5) is 15.4 Å². The summed E-state index contributed by atoms with van der Waals surface area (Å²) in [6.45, 7) is 13.7. The molecule has 19 heteroatoms. The monoisotopic (exact) mass is 889 g/mol. The molecule has 328 valence electrons. The summed E-state index contributed by atoms with van der Waals surface area (Å²) in [5.41, 5.74) is 6.83. The lowest BCUT2D eigenvalue weighted by Gasteiger charge is -2.24. The molecular formula is C43H48ClN7O10S. The SMILES string of the molecule is Cc1oc(-c2ccc(Cl)cc2)nc1CSc1nc(N)c(C#N)c(-c2ccc(OC[C@H](COC(=O)[C@H](C)NC(=O)OC(C)(C)C)OC(=O)[C@H](C)NC(=O)OC(C)(C)C)cc2)c1C#N. The summed E-state index contributed by atoms with van der Waals surface area (Å²) >= 11 is 7.23. The number of benzene rings is 2. The molecule has 4 N–H and O–H groups in total. The Morgan fingerprint density at radius 2 is 1.37 bits per heavy atom. The second kappa shape index (κ2) is 20.8. The van der Waals surface area contributed by atoms with Gasteiger partial charge in [-0.2, -0.15) is 10.5 Å². The number of hydrogen-bond acceptors (Lipinski definition) is 16. The van der Waals surface area contributed by atoms with E-state index >= 15 is 0 Å². The van der Waals surface area contributed by atoms with Gasteiger partial charge in [-0.1, -0.05) is 35.5 Å². The van der Waals surface area contributed by atoms with Crippen LogP contribution in [0.3, 0.4) is 0 Å². The number of aryl methyl sites for hydroxylation is 1. The maximum atomic E-state index is 13.1. The number of nitriles is 2. The number of oxazole rings is 1. The molecule has 0 fully saturated rings. The fourth-order valence-electron chi connectivity index (χ4n) is 5.28. The van der Waals surface area contributed by atoms with Crippen LogP contribution in [0, 0.1) is 29.6 Å². The normalized spacial score (nSPS) is 12.7. The van der Waals surface area contributed by atoms with E-state index in [-0.39, 0.29) is 45.6 Å². The van der Waals surface area contributed by atoms with Crippen molar-refractivity contribution in [1.82, 2.24) is 20.6 Å². The van der Waals surface area contributed by atoms with Gasteiger partial charge < -0.3 is 44.5 Å². The number of nitrogens with zero attached hydrogens (tertiary/aromatic N) is 4. The summed E-state index contributed by atoms with van der Waals surface area (Å²) in [6.07, 6.45) is -2.88. The number of nitrogens with two attached hydrogens (primary N) is 1. The van der Waals surface area contributed by atoms with Crippen LogP contribution in [0.1, 0.15) is 78.0 Å². The Labute approximate surface area is 368 Å². The first kappa shape index (κ1) is 48.2. The Balaban J connectivity index is 1.51. The molecule has 0 saturated heterocycles. The van der Waals surface area contributed by atoms with Gasteiger partial charge in [-0.25, -0.2) is 29.1 Å². The summed E-state index contributed by atoms with van der Waals surface area (Å²) in [7, 11) is 0. The van der Waals surface area contributed by atoms with Gasteiger partial charge in [0.2, 0.25) is 5.89 Å². The molecule has 0 aliphatic carbocycles. The van der Waals surface area contributed by atoms with Crippen molar-refractivity contribution < 1.29 is 47.3 Å². The zero-order valence-corrected chi connectivity index (χ0v) is 37.3. The Hall–Kier alpha value is -6.50. The first-order valence-electron chi connectivity index (χ1n) is 19.2. The highest BCUT2D eigenvalue weighted by Gasteiger charge is 2.28. The van der Waals surface area contributed by atoms with E-state index in [1.54, 1.807) is 97.0 Å². The quantitative estimate of drug-likeness (QED) is 0.0589. The van der Waals surface area contributed by atoms with E-state index in [2.05, 4.69) is 32.7 Å². The largest absolute Gasteiger partial charge is 0.490 e. The first-order chi connectivity index (χ1) is 29.1. The third-order valence-corrected chi connectivity index (χ3v) is 9.43. The van der Waals surface area contributed by atoms with Crippen molar-refractivity contribution >= 4 is 53.3 Å². The molecule has 0 aliphatic heterocycles. The minimum Gasteiger partial charge on any atom is -0.490 e. The van der Waals surface area contributed by atoms with E-state index in [0.717, 1.165) is 5.56 Å². The number of amides is 2. The maximum absolute atomic E-state index is 13.1. The van der Waals surface area contributed by atoms with Crippen LogP contribution >= 0.6 is 23.4 Å². The summed E-state index contributed by atoms with van der Waals surface area (Å²) in [5, 5.41) is 26.1. The molecular weight excluding hydrogens is 842 g/mol. The smallest absolute Gasteiger partial charge is 0.408 e. The number of carbonyl (C=O) groups excluding carboxylic acids is 4. The Morgan fingerprint density at radius 1 is 0.823 bits per heavy atom. The molecule has 0 saturated carbocycles. The number of anilines is 1. The highest BCUT2D eigenvalue weighted by Crippen LogP contribution is 2.38. The van der Waals surface area contributed by atoms with Gasteiger partial charge in [0, 0.05) is 21.9 Å². The fourth-order valence-corrected chi connectivity index (χ4v) is 6.40. The van der Waals surface area contributed by atoms with Crippen LogP contribution in [0.25, 0.3) is 22.6 Å². The number of halogens is 1. The van der Waals surface area contributed by atoms with Crippen molar-refractivity contribution in [3.8, 4) is 40.5 Å². The predicted octanol–water partition coefficient (Wildman–Crippen LogP) is 7.64. The molecule has 4 rings (SSSR count). The molecule has 62 heavy (non-hydrogen) atoms. The van der Waals surface area contributed by atoms with Crippen molar-refractivity contribution in [3.63, 3.8) is 0 Å². The van der Waals surface area contributed by atoms with E-state index in [4.69, 9.17) is 45.4 Å². The molecule has 2 amide bonds. The van der Waals surface area contributed by atoms with E-state index < -0.39 is 60.1 Å². The van der Waals surface area contributed by atoms with Gasteiger partial charge in [0.15, 0.2) is 6.10 Å². The molecule has 2 aromatic heterocycles. The molecule has 0 bridgehead atoms. The molecule has 0 aliphatic rings. The number of thioether (sulfide) groups is 1. The van der Waals surface area contributed by atoms with E-state index in [9.17, 15) is 29.7 Å². The Bertz CT molecular complexity index is 2340. The minimum absolute atomic E-state index is 0.000463. The number of rotatable bonds is 15. The summed E-state index contributed by atoms with van der Waals surface area (Å²) in [6, 6.07) is 15.3.